The number of halogens is 6. The number of para-hydroxylation sites is 1. The first-order chi connectivity index (χ1) is 31.3. The Bertz CT molecular complexity index is 3330. The molecule has 2 aromatic heterocycles. The monoisotopic (exact) mass is 865 g/mol. The highest BCUT2D eigenvalue weighted by atomic mass is 19.4. The van der Waals surface area contributed by atoms with Crippen molar-refractivity contribution in [1.29, 1.82) is 0 Å². The number of aromatic nitrogens is 3. The van der Waals surface area contributed by atoms with Crippen molar-refractivity contribution in [3.05, 3.63) is 210 Å². The average Bonchev–Trinajstić information content (AvgIpc) is 3.64. The minimum Gasteiger partial charge on any atom is -0.308 e. The minimum atomic E-state index is -4.55. The largest absolute Gasteiger partial charge is 0.416 e. The Labute approximate surface area is 371 Å². The molecule has 0 aliphatic rings. The summed E-state index contributed by atoms with van der Waals surface area (Å²) in [5.74, 6) is 0.508. The molecular formula is C56H37F6N3. The van der Waals surface area contributed by atoms with E-state index >= 15 is 0 Å². The highest BCUT2D eigenvalue weighted by Crippen LogP contribution is 2.46. The Morgan fingerprint density at radius 3 is 1.54 bits per heavy atom. The van der Waals surface area contributed by atoms with Crippen molar-refractivity contribution < 1.29 is 26.3 Å². The van der Waals surface area contributed by atoms with Crippen LogP contribution in [0.3, 0.4) is 0 Å². The molecule has 0 saturated carbocycles. The molecule has 65 heavy (non-hydrogen) atoms. The molecule has 0 fully saturated rings. The number of aryl methyl sites for hydroxylation is 2. The van der Waals surface area contributed by atoms with Crippen molar-refractivity contribution in [1.82, 2.24) is 14.5 Å². The molecule has 0 aliphatic heterocycles. The van der Waals surface area contributed by atoms with Gasteiger partial charge in [0.25, 0.3) is 0 Å². The minimum absolute atomic E-state index is 0.431. The van der Waals surface area contributed by atoms with Gasteiger partial charge >= 0.3 is 12.4 Å². The van der Waals surface area contributed by atoms with Gasteiger partial charge < -0.3 is 4.57 Å². The van der Waals surface area contributed by atoms with Gasteiger partial charge in [0.15, 0.2) is 5.82 Å². The second-order valence-corrected chi connectivity index (χ2v) is 16.2. The van der Waals surface area contributed by atoms with Gasteiger partial charge in [0.05, 0.1) is 39.2 Å². The molecule has 318 valence electrons. The van der Waals surface area contributed by atoms with Gasteiger partial charge in [0, 0.05) is 38.6 Å². The number of benzene rings is 8. The summed E-state index contributed by atoms with van der Waals surface area (Å²) in [5, 5.41) is 1.64. The lowest BCUT2D eigenvalue weighted by Gasteiger charge is -2.22. The molecule has 10 rings (SSSR count). The fourth-order valence-electron chi connectivity index (χ4n) is 8.61. The number of nitrogens with zero attached hydrogens (tertiary/aromatic N) is 3. The zero-order chi connectivity index (χ0) is 45.0. The van der Waals surface area contributed by atoms with Crippen molar-refractivity contribution in [2.24, 2.45) is 0 Å². The molecule has 10 aromatic rings. The Balaban J connectivity index is 1.30. The molecule has 0 amide bonds. The lowest BCUT2D eigenvalue weighted by molar-refractivity contribution is -0.138. The number of alkyl halides is 6. The van der Waals surface area contributed by atoms with Crippen LogP contribution in [0.2, 0.25) is 0 Å². The first-order valence-electron chi connectivity index (χ1n) is 20.9. The van der Waals surface area contributed by atoms with Crippen LogP contribution >= 0.6 is 0 Å². The first-order valence-corrected chi connectivity index (χ1v) is 20.9. The smallest absolute Gasteiger partial charge is 0.308 e. The van der Waals surface area contributed by atoms with Crippen molar-refractivity contribution in [2.75, 3.05) is 0 Å². The van der Waals surface area contributed by atoms with Gasteiger partial charge in [-0.25, -0.2) is 9.97 Å². The van der Waals surface area contributed by atoms with E-state index in [2.05, 4.69) is 10.6 Å². The second-order valence-electron chi connectivity index (χ2n) is 16.2. The third-order valence-corrected chi connectivity index (χ3v) is 11.8. The van der Waals surface area contributed by atoms with Gasteiger partial charge in [-0.1, -0.05) is 133 Å². The van der Waals surface area contributed by atoms with E-state index < -0.39 is 23.5 Å². The van der Waals surface area contributed by atoms with Gasteiger partial charge in [-0.3, -0.25) is 0 Å². The van der Waals surface area contributed by atoms with Crippen LogP contribution in [0.1, 0.15) is 22.3 Å². The SMILES string of the molecule is Cc1ccc(-c2cc(-c3cc(-c4ccccc4)nc(-c4ccccc4)n3)cc(-c3ccc(C(F)(F)F)cc3)c2-n2c3ccccc3c3cc(-c4cc(C)cc(C(F)(F)F)c4)ccc32)cc1. The van der Waals surface area contributed by atoms with Crippen molar-refractivity contribution >= 4 is 21.8 Å². The molecule has 0 atom stereocenters. The van der Waals surface area contributed by atoms with E-state index in [9.17, 15) is 26.3 Å². The second kappa shape index (κ2) is 16.1. The molecule has 0 spiro atoms. The summed E-state index contributed by atoms with van der Waals surface area (Å²) in [6.07, 6.45) is -9.08. The van der Waals surface area contributed by atoms with Crippen molar-refractivity contribution in [3.63, 3.8) is 0 Å². The Kier molecular flexibility index (Phi) is 10.2. The zero-order valence-electron chi connectivity index (χ0n) is 35.0. The molecule has 0 saturated heterocycles. The van der Waals surface area contributed by atoms with Gasteiger partial charge in [-0.15, -0.1) is 0 Å². The number of hydrogen-bond acceptors (Lipinski definition) is 2. The molecule has 0 radical (unpaired) electrons. The summed E-state index contributed by atoms with van der Waals surface area (Å²) in [7, 11) is 0. The van der Waals surface area contributed by atoms with E-state index in [1.165, 1.54) is 18.2 Å². The Hall–Kier alpha value is -7.78. The molecule has 0 N–H and O–H groups in total. The van der Waals surface area contributed by atoms with E-state index in [1.54, 1.807) is 13.0 Å². The van der Waals surface area contributed by atoms with Crippen LogP contribution < -0.4 is 0 Å². The third kappa shape index (κ3) is 7.95. The van der Waals surface area contributed by atoms with Crippen LogP contribution in [0.5, 0.6) is 0 Å². The zero-order valence-corrected chi connectivity index (χ0v) is 35.0. The summed E-state index contributed by atoms with van der Waals surface area (Å²) in [6, 6.07) is 56.2. The molecule has 8 aromatic carbocycles. The quantitative estimate of drug-likeness (QED) is 0.149. The van der Waals surface area contributed by atoms with Crippen LogP contribution in [0.25, 0.3) is 94.8 Å². The van der Waals surface area contributed by atoms with Crippen molar-refractivity contribution in [2.45, 2.75) is 26.2 Å². The highest BCUT2D eigenvalue weighted by molar-refractivity contribution is 6.12. The summed E-state index contributed by atoms with van der Waals surface area (Å²) < 4.78 is 86.6. The summed E-state index contributed by atoms with van der Waals surface area (Å²) in [5.41, 5.74) is 9.82. The fraction of sp³-hybridized carbons (Fsp3) is 0.0714. The lowest BCUT2D eigenvalue weighted by atomic mass is 9.91. The topological polar surface area (TPSA) is 30.7 Å². The number of hydrogen-bond donors (Lipinski definition) is 0. The molecule has 0 bridgehead atoms. The lowest BCUT2D eigenvalue weighted by Crippen LogP contribution is -2.05. The van der Waals surface area contributed by atoms with E-state index in [4.69, 9.17) is 9.97 Å². The average molecular weight is 866 g/mol. The molecular weight excluding hydrogens is 829 g/mol. The number of fused-ring (bicyclic) bond motifs is 3. The van der Waals surface area contributed by atoms with Gasteiger partial charge in [0.2, 0.25) is 0 Å². The predicted octanol–water partition coefficient (Wildman–Crippen LogP) is 16.2. The summed E-state index contributed by atoms with van der Waals surface area (Å²) in [4.78, 5) is 10.2. The maximum atomic E-state index is 14.1. The van der Waals surface area contributed by atoms with Crippen LogP contribution in [0, 0.1) is 13.8 Å². The van der Waals surface area contributed by atoms with E-state index in [-0.39, 0.29) is 0 Å². The molecule has 3 nitrogen and oxygen atoms in total. The van der Waals surface area contributed by atoms with Crippen LogP contribution in [-0.2, 0) is 12.4 Å². The third-order valence-electron chi connectivity index (χ3n) is 11.8. The van der Waals surface area contributed by atoms with Gasteiger partial charge in [-0.2, -0.15) is 26.3 Å². The van der Waals surface area contributed by atoms with E-state index in [0.29, 0.717) is 56.3 Å². The van der Waals surface area contributed by atoms with Crippen LogP contribution in [0.15, 0.2) is 188 Å². The fourth-order valence-corrected chi connectivity index (χ4v) is 8.61. The number of rotatable bonds is 7. The predicted molar refractivity (Wildman–Crippen MR) is 248 cm³/mol. The standard InChI is InChI=1S/C56H37F6N3/c1-34-17-19-36(20-18-34)46-31-42(50-33-49(38-11-5-3-6-12-38)63-54(64-50)39-13-7-4-8-14-39)32-47(37-21-24-43(25-22-37)55(57,58)59)53(46)65-51-16-10-9-15-45(51)48-30-40(23-26-52(48)65)41-27-35(2)28-44(29-41)56(60,61)62/h3-33H,1-2H3. The van der Waals surface area contributed by atoms with E-state index in [0.717, 1.165) is 67.8 Å². The maximum absolute atomic E-state index is 14.1. The van der Waals surface area contributed by atoms with Crippen molar-refractivity contribution in [3.8, 4) is 73.0 Å². The summed E-state index contributed by atoms with van der Waals surface area (Å²) in [6.45, 7) is 3.65. The van der Waals surface area contributed by atoms with E-state index in [1.807, 2.05) is 146 Å². The first kappa shape index (κ1) is 41.2. The Morgan fingerprint density at radius 2 is 0.908 bits per heavy atom. The maximum Gasteiger partial charge on any atom is 0.416 e. The summed E-state index contributed by atoms with van der Waals surface area (Å²) >= 11 is 0. The van der Waals surface area contributed by atoms with Gasteiger partial charge in [0.1, 0.15) is 0 Å². The van der Waals surface area contributed by atoms with Crippen LogP contribution in [-0.4, -0.2) is 14.5 Å². The molecule has 2 heterocycles. The normalized spacial score (nSPS) is 12.0. The molecule has 0 unspecified atom stereocenters. The Morgan fingerprint density at radius 1 is 0.369 bits per heavy atom. The highest BCUT2D eigenvalue weighted by Gasteiger charge is 2.32. The van der Waals surface area contributed by atoms with Gasteiger partial charge in [-0.05, 0) is 102 Å². The molecule has 0 aliphatic carbocycles. The van der Waals surface area contributed by atoms with Crippen LogP contribution in [0.4, 0.5) is 26.3 Å². The molecule has 9 heteroatoms.